The van der Waals surface area contributed by atoms with Crippen molar-refractivity contribution in [2.75, 3.05) is 26.2 Å². The monoisotopic (exact) mass is 258 g/mol. The number of hydrogen-bond acceptors (Lipinski definition) is 2. The molecule has 2 amide bonds. The topological polar surface area (TPSA) is 40.6 Å². The SMILES string of the molecule is CC(=O)N1CCN(C(=O)C#CBr)CC1. The van der Waals surface area contributed by atoms with Gasteiger partial charge >= 0.3 is 0 Å². The van der Waals surface area contributed by atoms with Crippen LogP contribution in [0.25, 0.3) is 0 Å². The molecule has 1 saturated heterocycles. The molecule has 1 aliphatic rings. The summed E-state index contributed by atoms with van der Waals surface area (Å²) in [6.07, 6.45) is 0. The van der Waals surface area contributed by atoms with Gasteiger partial charge in [-0.2, -0.15) is 0 Å². The average molecular weight is 259 g/mol. The third kappa shape index (κ3) is 2.74. The molecule has 0 atom stereocenters. The van der Waals surface area contributed by atoms with Crippen molar-refractivity contribution in [1.29, 1.82) is 0 Å². The largest absolute Gasteiger partial charge is 0.339 e. The molecule has 1 rings (SSSR count). The minimum atomic E-state index is -0.190. The summed E-state index contributed by atoms with van der Waals surface area (Å²) >= 11 is 2.88. The maximum Gasteiger partial charge on any atom is 0.299 e. The summed E-state index contributed by atoms with van der Waals surface area (Å²) in [6.45, 7) is 3.88. The minimum absolute atomic E-state index is 0.0590. The molecule has 76 valence electrons. The van der Waals surface area contributed by atoms with Gasteiger partial charge in [0.25, 0.3) is 5.91 Å². The molecular weight excluding hydrogens is 248 g/mol. The lowest BCUT2D eigenvalue weighted by Crippen LogP contribution is -2.49. The molecular formula is C9H11BrN2O2. The first-order valence-electron chi connectivity index (χ1n) is 4.31. The zero-order valence-electron chi connectivity index (χ0n) is 7.92. The van der Waals surface area contributed by atoms with Gasteiger partial charge < -0.3 is 9.80 Å². The fraction of sp³-hybridized carbons (Fsp3) is 0.556. The van der Waals surface area contributed by atoms with Crippen molar-refractivity contribution in [2.24, 2.45) is 0 Å². The molecule has 0 unspecified atom stereocenters. The first-order chi connectivity index (χ1) is 6.65. The molecule has 0 aliphatic carbocycles. The van der Waals surface area contributed by atoms with Crippen molar-refractivity contribution < 1.29 is 9.59 Å². The Balaban J connectivity index is 2.45. The van der Waals surface area contributed by atoms with Crippen LogP contribution < -0.4 is 0 Å². The number of hydrogen-bond donors (Lipinski definition) is 0. The maximum atomic E-state index is 11.3. The van der Waals surface area contributed by atoms with Gasteiger partial charge in [0.1, 0.15) is 0 Å². The lowest BCUT2D eigenvalue weighted by Gasteiger charge is -2.33. The maximum absolute atomic E-state index is 11.3. The molecule has 4 nitrogen and oxygen atoms in total. The van der Waals surface area contributed by atoms with Crippen LogP contribution in [0.5, 0.6) is 0 Å². The van der Waals surface area contributed by atoms with Crippen LogP contribution >= 0.6 is 15.9 Å². The fourth-order valence-corrected chi connectivity index (χ4v) is 1.51. The van der Waals surface area contributed by atoms with Crippen LogP contribution in [-0.4, -0.2) is 47.8 Å². The Morgan fingerprint density at radius 1 is 1.14 bits per heavy atom. The number of carbonyl (C=O) groups is 2. The molecule has 5 heteroatoms. The molecule has 0 aromatic heterocycles. The summed E-state index contributed by atoms with van der Waals surface area (Å²) in [5, 5.41) is 0. The van der Waals surface area contributed by atoms with Gasteiger partial charge in [-0.25, -0.2) is 0 Å². The van der Waals surface area contributed by atoms with Crippen molar-refractivity contribution >= 4 is 27.7 Å². The van der Waals surface area contributed by atoms with E-state index in [1.807, 2.05) is 0 Å². The highest BCUT2D eigenvalue weighted by Crippen LogP contribution is 2.01. The first-order valence-corrected chi connectivity index (χ1v) is 5.10. The van der Waals surface area contributed by atoms with Crippen LogP contribution in [0.15, 0.2) is 0 Å². The lowest BCUT2D eigenvalue weighted by molar-refractivity contribution is -0.135. The second kappa shape index (κ2) is 5.01. The van der Waals surface area contributed by atoms with E-state index in [0.717, 1.165) is 0 Å². The third-order valence-corrected chi connectivity index (χ3v) is 2.36. The van der Waals surface area contributed by atoms with E-state index in [1.165, 1.54) is 6.92 Å². The molecule has 0 aromatic carbocycles. The number of amides is 2. The van der Waals surface area contributed by atoms with E-state index in [-0.39, 0.29) is 11.8 Å². The normalized spacial score (nSPS) is 15.9. The van der Waals surface area contributed by atoms with Crippen LogP contribution in [0.4, 0.5) is 0 Å². The number of halogens is 1. The molecule has 0 aromatic rings. The van der Waals surface area contributed by atoms with Gasteiger partial charge in [0.05, 0.1) is 0 Å². The zero-order valence-corrected chi connectivity index (χ0v) is 9.50. The highest BCUT2D eigenvalue weighted by atomic mass is 79.9. The predicted molar refractivity (Wildman–Crippen MR) is 55.5 cm³/mol. The molecule has 1 heterocycles. The summed E-state index contributed by atoms with van der Waals surface area (Å²) in [6, 6.07) is 0. The fourth-order valence-electron chi connectivity index (χ4n) is 1.34. The summed E-state index contributed by atoms with van der Waals surface area (Å²) in [4.78, 5) is 28.0. The lowest BCUT2D eigenvalue weighted by atomic mass is 10.3. The third-order valence-electron chi connectivity index (χ3n) is 2.17. The minimum Gasteiger partial charge on any atom is -0.339 e. The Kier molecular flexibility index (Phi) is 3.96. The number of carbonyl (C=O) groups excluding carboxylic acids is 2. The first kappa shape index (κ1) is 11.1. The Morgan fingerprint density at radius 2 is 1.64 bits per heavy atom. The number of nitrogens with zero attached hydrogens (tertiary/aromatic N) is 2. The van der Waals surface area contributed by atoms with Crippen molar-refractivity contribution in [3.63, 3.8) is 0 Å². The smallest absolute Gasteiger partial charge is 0.299 e. The molecule has 1 fully saturated rings. The summed E-state index contributed by atoms with van der Waals surface area (Å²) < 4.78 is 0. The highest BCUT2D eigenvalue weighted by Gasteiger charge is 2.20. The summed E-state index contributed by atoms with van der Waals surface area (Å²) in [5.74, 6) is 2.28. The van der Waals surface area contributed by atoms with Crippen LogP contribution in [0, 0.1) is 10.8 Å². The molecule has 0 N–H and O–H groups in total. The van der Waals surface area contributed by atoms with E-state index < -0.39 is 0 Å². The number of rotatable bonds is 0. The van der Waals surface area contributed by atoms with Crippen LogP contribution in [0.1, 0.15) is 6.92 Å². The van der Waals surface area contributed by atoms with Crippen molar-refractivity contribution in [1.82, 2.24) is 9.80 Å². The van der Waals surface area contributed by atoms with Crippen LogP contribution in [0.2, 0.25) is 0 Å². The second-order valence-corrected chi connectivity index (χ2v) is 3.41. The molecule has 1 aliphatic heterocycles. The van der Waals surface area contributed by atoms with Gasteiger partial charge in [0.15, 0.2) is 0 Å². The average Bonchev–Trinajstić information content (AvgIpc) is 2.18. The van der Waals surface area contributed by atoms with Crippen molar-refractivity contribution in [3.05, 3.63) is 0 Å². The second-order valence-electron chi connectivity index (χ2n) is 3.02. The van der Waals surface area contributed by atoms with E-state index in [0.29, 0.717) is 26.2 Å². The Labute approximate surface area is 91.4 Å². The van der Waals surface area contributed by atoms with Crippen LogP contribution in [-0.2, 0) is 9.59 Å². The quantitative estimate of drug-likeness (QED) is 0.576. The van der Waals surface area contributed by atoms with Gasteiger partial charge in [0, 0.05) is 55.0 Å². The van der Waals surface area contributed by atoms with Crippen LogP contribution in [0.3, 0.4) is 0 Å². The van der Waals surface area contributed by atoms with Gasteiger partial charge in [-0.05, 0) is 4.83 Å². The van der Waals surface area contributed by atoms with Gasteiger partial charge in [0.2, 0.25) is 5.91 Å². The van der Waals surface area contributed by atoms with Crippen molar-refractivity contribution in [2.45, 2.75) is 6.92 Å². The standard InChI is InChI=1S/C9H11BrN2O2/c1-8(13)11-4-6-12(7-5-11)9(14)2-3-10/h4-7H2,1H3. The highest BCUT2D eigenvalue weighted by molar-refractivity contribution is 9.12. The van der Waals surface area contributed by atoms with Gasteiger partial charge in [-0.15, -0.1) is 0 Å². The van der Waals surface area contributed by atoms with Gasteiger partial charge in [-0.3, -0.25) is 9.59 Å². The van der Waals surface area contributed by atoms with E-state index in [9.17, 15) is 9.59 Å². The zero-order chi connectivity index (χ0) is 10.6. The Hall–Kier alpha value is -1.02. The van der Waals surface area contributed by atoms with Crippen molar-refractivity contribution in [3.8, 4) is 10.8 Å². The van der Waals surface area contributed by atoms with E-state index >= 15 is 0 Å². The van der Waals surface area contributed by atoms with E-state index in [1.54, 1.807) is 9.80 Å². The molecule has 14 heavy (non-hydrogen) atoms. The molecule has 0 radical (unpaired) electrons. The molecule has 0 spiro atoms. The summed E-state index contributed by atoms with van der Waals surface area (Å²) in [7, 11) is 0. The molecule has 0 saturated carbocycles. The molecule has 0 bridgehead atoms. The number of piperazine rings is 1. The Morgan fingerprint density at radius 3 is 2.07 bits per heavy atom. The van der Waals surface area contributed by atoms with E-state index in [4.69, 9.17) is 0 Å². The Bertz CT molecular complexity index is 298. The predicted octanol–water partition coefficient (Wildman–Crippen LogP) is 0.0329. The van der Waals surface area contributed by atoms with Gasteiger partial charge in [-0.1, -0.05) is 0 Å². The van der Waals surface area contributed by atoms with E-state index in [2.05, 4.69) is 26.7 Å². The summed E-state index contributed by atoms with van der Waals surface area (Å²) in [5.41, 5.74) is 0.